The molecule has 6 nitrogen and oxygen atoms in total. The lowest BCUT2D eigenvalue weighted by Gasteiger charge is -2.20. The number of hydrogen-bond acceptors (Lipinski definition) is 4. The van der Waals surface area contributed by atoms with Crippen LogP contribution in [0, 0.1) is 0 Å². The van der Waals surface area contributed by atoms with E-state index in [4.69, 9.17) is 16.3 Å². The first kappa shape index (κ1) is 21.1. The fourth-order valence-corrected chi connectivity index (χ4v) is 3.85. The fourth-order valence-electron chi connectivity index (χ4n) is 2.40. The number of halogens is 1. The maximum absolute atomic E-state index is 12.8. The van der Waals surface area contributed by atoms with E-state index < -0.39 is 10.0 Å². The summed E-state index contributed by atoms with van der Waals surface area (Å²) in [6.07, 6.45) is 1.85. The van der Waals surface area contributed by atoms with Gasteiger partial charge in [0.25, 0.3) is 15.9 Å². The Morgan fingerprint density at radius 2 is 1.85 bits per heavy atom. The number of sulfonamides is 1. The Bertz CT molecular complexity index is 898. The Labute approximate surface area is 165 Å². The smallest absolute Gasteiger partial charge is 0.264 e. The van der Waals surface area contributed by atoms with Crippen LogP contribution < -0.4 is 14.4 Å². The van der Waals surface area contributed by atoms with Crippen LogP contribution in [0.5, 0.6) is 5.75 Å². The van der Waals surface area contributed by atoms with Crippen molar-refractivity contribution >= 4 is 33.2 Å². The number of anilines is 1. The highest BCUT2D eigenvalue weighted by molar-refractivity contribution is 7.92. The third-order valence-electron chi connectivity index (χ3n) is 4.09. The first-order valence-corrected chi connectivity index (χ1v) is 10.3. The van der Waals surface area contributed by atoms with Crippen molar-refractivity contribution in [1.29, 1.82) is 0 Å². The molecule has 2 aromatic carbocycles. The minimum absolute atomic E-state index is 0.128. The van der Waals surface area contributed by atoms with Gasteiger partial charge >= 0.3 is 0 Å². The lowest BCUT2D eigenvalue weighted by Crippen LogP contribution is -2.27. The van der Waals surface area contributed by atoms with E-state index >= 15 is 0 Å². The highest BCUT2D eigenvalue weighted by atomic mass is 35.5. The van der Waals surface area contributed by atoms with Gasteiger partial charge in [0, 0.05) is 13.6 Å². The maximum atomic E-state index is 12.8. The molecule has 146 valence electrons. The molecule has 0 saturated carbocycles. The summed E-state index contributed by atoms with van der Waals surface area (Å²) in [5.41, 5.74) is 0.674. The molecule has 0 aliphatic heterocycles. The van der Waals surface area contributed by atoms with Gasteiger partial charge in [-0.05, 0) is 48.9 Å². The zero-order valence-corrected chi connectivity index (χ0v) is 17.1. The van der Waals surface area contributed by atoms with E-state index in [1.807, 2.05) is 6.92 Å². The molecule has 0 atom stereocenters. The molecule has 0 saturated heterocycles. The van der Waals surface area contributed by atoms with E-state index in [0.29, 0.717) is 23.5 Å². The summed E-state index contributed by atoms with van der Waals surface area (Å²) in [5.74, 6) is 0.291. The second-order valence-corrected chi connectivity index (χ2v) is 8.30. The molecule has 0 heterocycles. The molecular weight excluding hydrogens is 388 g/mol. The third-order valence-corrected chi connectivity index (χ3v) is 6.21. The van der Waals surface area contributed by atoms with E-state index in [1.165, 1.54) is 38.4 Å². The summed E-state index contributed by atoms with van der Waals surface area (Å²) in [6.45, 7) is 2.60. The normalized spacial score (nSPS) is 11.1. The molecule has 0 spiro atoms. The van der Waals surface area contributed by atoms with E-state index in [2.05, 4.69) is 5.32 Å². The average Bonchev–Trinajstić information content (AvgIpc) is 2.67. The molecule has 0 fully saturated rings. The van der Waals surface area contributed by atoms with Gasteiger partial charge < -0.3 is 10.1 Å². The summed E-state index contributed by atoms with van der Waals surface area (Å²) >= 11 is 6.22. The average molecular weight is 411 g/mol. The van der Waals surface area contributed by atoms with Crippen LogP contribution in [0.4, 0.5) is 5.69 Å². The molecule has 0 radical (unpaired) electrons. The van der Waals surface area contributed by atoms with Gasteiger partial charge in [-0.15, -0.1) is 0 Å². The number of carbonyl (C=O) groups is 1. The highest BCUT2D eigenvalue weighted by Crippen LogP contribution is 2.28. The SMILES string of the molecule is CCCCNC(=O)c1ccc(N(C)S(=O)(=O)c2ccc(OC)cc2)cc1Cl. The van der Waals surface area contributed by atoms with Crippen molar-refractivity contribution in [1.82, 2.24) is 5.32 Å². The number of amides is 1. The van der Waals surface area contributed by atoms with Crippen LogP contribution in [0.1, 0.15) is 30.1 Å². The molecule has 0 aromatic heterocycles. The largest absolute Gasteiger partial charge is 0.497 e. The van der Waals surface area contributed by atoms with Gasteiger partial charge in [0.2, 0.25) is 0 Å². The van der Waals surface area contributed by atoms with E-state index in [-0.39, 0.29) is 15.8 Å². The van der Waals surface area contributed by atoms with Gasteiger partial charge in [-0.2, -0.15) is 0 Å². The Kier molecular flexibility index (Phi) is 7.10. The van der Waals surface area contributed by atoms with Crippen LogP contribution in [0.2, 0.25) is 5.02 Å². The van der Waals surface area contributed by atoms with Crippen molar-refractivity contribution in [2.45, 2.75) is 24.7 Å². The Hall–Kier alpha value is -2.25. The summed E-state index contributed by atoms with van der Waals surface area (Å²) in [7, 11) is -0.818. The molecule has 0 aliphatic carbocycles. The van der Waals surface area contributed by atoms with Gasteiger partial charge in [-0.1, -0.05) is 24.9 Å². The number of benzene rings is 2. The number of nitrogens with one attached hydrogen (secondary N) is 1. The fraction of sp³-hybridized carbons (Fsp3) is 0.316. The zero-order valence-electron chi connectivity index (χ0n) is 15.5. The second kappa shape index (κ2) is 9.10. The van der Waals surface area contributed by atoms with Crippen molar-refractivity contribution in [2.24, 2.45) is 0 Å². The van der Waals surface area contributed by atoms with Crippen molar-refractivity contribution in [3.8, 4) is 5.75 Å². The Morgan fingerprint density at radius 1 is 1.19 bits per heavy atom. The summed E-state index contributed by atoms with van der Waals surface area (Å²) in [4.78, 5) is 12.3. The van der Waals surface area contributed by atoms with Gasteiger partial charge in [-0.3, -0.25) is 9.10 Å². The van der Waals surface area contributed by atoms with Crippen molar-refractivity contribution in [3.05, 3.63) is 53.1 Å². The van der Waals surface area contributed by atoms with Gasteiger partial charge in [0.05, 0.1) is 28.3 Å². The second-order valence-electron chi connectivity index (χ2n) is 5.92. The minimum atomic E-state index is -3.77. The molecule has 0 aliphatic rings. The topological polar surface area (TPSA) is 75.7 Å². The summed E-state index contributed by atoms with van der Waals surface area (Å²) in [5, 5.41) is 2.98. The van der Waals surface area contributed by atoms with Crippen molar-refractivity contribution < 1.29 is 17.9 Å². The number of carbonyl (C=O) groups excluding carboxylic acids is 1. The Morgan fingerprint density at radius 3 is 2.41 bits per heavy atom. The first-order valence-electron chi connectivity index (χ1n) is 8.52. The monoisotopic (exact) mass is 410 g/mol. The molecule has 2 aromatic rings. The lowest BCUT2D eigenvalue weighted by molar-refractivity contribution is 0.0953. The quantitative estimate of drug-likeness (QED) is 0.673. The van der Waals surface area contributed by atoms with Crippen LogP contribution in [-0.2, 0) is 10.0 Å². The number of methoxy groups -OCH3 is 1. The number of hydrogen-bond donors (Lipinski definition) is 1. The zero-order chi connectivity index (χ0) is 20.0. The predicted molar refractivity (Wildman–Crippen MR) is 107 cm³/mol. The minimum Gasteiger partial charge on any atom is -0.497 e. The van der Waals surface area contributed by atoms with Crippen LogP contribution in [-0.4, -0.2) is 35.0 Å². The van der Waals surface area contributed by atoms with Crippen molar-refractivity contribution in [2.75, 3.05) is 25.0 Å². The van der Waals surface area contributed by atoms with Crippen LogP contribution in [0.15, 0.2) is 47.4 Å². The van der Waals surface area contributed by atoms with Gasteiger partial charge in [0.1, 0.15) is 5.75 Å². The standard InChI is InChI=1S/C19H23ClN2O4S/c1-4-5-12-21-19(23)17-11-6-14(13-18(17)20)22(2)27(24,25)16-9-7-15(26-3)8-10-16/h6-11,13H,4-5,12H2,1-3H3,(H,21,23). The molecule has 0 bridgehead atoms. The molecule has 0 unspecified atom stereocenters. The van der Waals surface area contributed by atoms with Gasteiger partial charge in [0.15, 0.2) is 0 Å². The van der Waals surface area contributed by atoms with Crippen LogP contribution >= 0.6 is 11.6 Å². The molecule has 1 N–H and O–H groups in total. The van der Waals surface area contributed by atoms with Crippen molar-refractivity contribution in [3.63, 3.8) is 0 Å². The lowest BCUT2D eigenvalue weighted by atomic mass is 10.2. The van der Waals surface area contributed by atoms with E-state index in [0.717, 1.165) is 17.1 Å². The number of unbranched alkanes of at least 4 members (excludes halogenated alkanes) is 1. The Balaban J connectivity index is 2.23. The number of ether oxygens (including phenoxy) is 1. The van der Waals surface area contributed by atoms with Crippen LogP contribution in [0.3, 0.4) is 0 Å². The first-order chi connectivity index (χ1) is 12.8. The van der Waals surface area contributed by atoms with E-state index in [9.17, 15) is 13.2 Å². The molecule has 8 heteroatoms. The number of nitrogens with zero attached hydrogens (tertiary/aromatic N) is 1. The molecule has 27 heavy (non-hydrogen) atoms. The molecular formula is C19H23ClN2O4S. The summed E-state index contributed by atoms with van der Waals surface area (Å²) < 4.78 is 31.8. The predicted octanol–water partition coefficient (Wildman–Crippen LogP) is 3.70. The van der Waals surface area contributed by atoms with Crippen LogP contribution in [0.25, 0.3) is 0 Å². The third kappa shape index (κ3) is 4.93. The number of rotatable bonds is 8. The van der Waals surface area contributed by atoms with Gasteiger partial charge in [-0.25, -0.2) is 8.42 Å². The molecule has 2 rings (SSSR count). The maximum Gasteiger partial charge on any atom is 0.264 e. The molecule has 1 amide bonds. The van der Waals surface area contributed by atoms with E-state index in [1.54, 1.807) is 18.2 Å². The highest BCUT2D eigenvalue weighted by Gasteiger charge is 2.22. The summed E-state index contributed by atoms with van der Waals surface area (Å²) in [6, 6.07) is 10.7.